The van der Waals surface area contributed by atoms with Crippen molar-refractivity contribution in [3.8, 4) is 0 Å². The highest BCUT2D eigenvalue weighted by Gasteiger charge is 2.34. The number of aryl methyl sites for hydroxylation is 1. The lowest BCUT2D eigenvalue weighted by atomic mass is 10.0. The molecular weight excluding hydrogens is 630 g/mol. The minimum absolute atomic E-state index is 0.115. The van der Waals surface area contributed by atoms with Crippen LogP contribution in [0.4, 0.5) is 17.2 Å². The molecule has 4 aromatic rings. The molecule has 48 heavy (non-hydrogen) atoms. The molecule has 2 aliphatic rings. The molecule has 2 fully saturated rings. The molecule has 12 nitrogen and oxygen atoms in total. The number of piperidine rings is 1. The van der Waals surface area contributed by atoms with E-state index in [1.54, 1.807) is 18.2 Å². The lowest BCUT2D eigenvalue weighted by molar-refractivity contribution is -0.387. The molecule has 0 saturated carbocycles. The fraction of sp³-hybridized carbons (Fsp3) is 0.371. The van der Waals surface area contributed by atoms with Gasteiger partial charge < -0.3 is 15.1 Å². The van der Waals surface area contributed by atoms with Gasteiger partial charge in [-0.2, -0.15) is 0 Å². The normalized spacial score (nSPS) is 16.6. The molecule has 0 bridgehead atoms. The molecule has 3 aromatic carbocycles. The minimum atomic E-state index is -4.53. The predicted octanol–water partition coefficient (Wildman–Crippen LogP) is 4.18. The number of likely N-dealkylation sites (N-methyl/N-ethyl adjacent to an activating group) is 1. The highest BCUT2D eigenvalue weighted by molar-refractivity contribution is 7.93. The first-order valence-corrected chi connectivity index (χ1v) is 17.7. The number of nitrogens with zero attached hydrogens (tertiary/aromatic N) is 6. The molecule has 6 rings (SSSR count). The van der Waals surface area contributed by atoms with Crippen molar-refractivity contribution in [3.05, 3.63) is 100 Å². The Labute approximate surface area is 281 Å². The Balaban J connectivity index is 1.25. The zero-order valence-electron chi connectivity index (χ0n) is 27.3. The molecule has 0 radical (unpaired) electrons. The molecule has 3 heterocycles. The number of hydrogen-bond acceptors (Lipinski definition) is 9. The first kappa shape index (κ1) is 33.3. The minimum Gasteiger partial charge on any atom is -0.354 e. The maximum absolute atomic E-state index is 14.2. The maximum Gasteiger partial charge on any atom is 0.289 e. The lowest BCUT2D eigenvalue weighted by Crippen LogP contribution is -2.48. The average molecular weight is 672 g/mol. The van der Waals surface area contributed by atoms with E-state index in [4.69, 9.17) is 4.98 Å². The van der Waals surface area contributed by atoms with Crippen molar-refractivity contribution in [2.45, 2.75) is 37.2 Å². The van der Waals surface area contributed by atoms with Crippen LogP contribution < -0.4 is 14.5 Å². The number of amides is 1. The van der Waals surface area contributed by atoms with E-state index in [1.165, 1.54) is 23.8 Å². The van der Waals surface area contributed by atoms with Crippen LogP contribution in [0.2, 0.25) is 0 Å². The molecule has 252 valence electrons. The van der Waals surface area contributed by atoms with E-state index in [2.05, 4.69) is 39.2 Å². The van der Waals surface area contributed by atoms with Crippen LogP contribution in [0.15, 0.2) is 83.8 Å². The Morgan fingerprint density at radius 1 is 0.958 bits per heavy atom. The summed E-state index contributed by atoms with van der Waals surface area (Å²) in [6.45, 7) is 7.43. The maximum atomic E-state index is 14.2. The van der Waals surface area contributed by atoms with E-state index in [9.17, 15) is 23.3 Å². The molecule has 2 saturated heterocycles. The van der Waals surface area contributed by atoms with Gasteiger partial charge in [-0.25, -0.2) is 13.4 Å². The molecular formula is C35H41N7O5S. The van der Waals surface area contributed by atoms with Gasteiger partial charge in [0.2, 0.25) is 5.91 Å². The van der Waals surface area contributed by atoms with Crippen LogP contribution in [-0.4, -0.2) is 92.9 Å². The number of rotatable bonds is 10. The van der Waals surface area contributed by atoms with E-state index in [1.807, 2.05) is 31.2 Å². The number of carbonyl (C=O) groups is 1. The average Bonchev–Trinajstić information content (AvgIpc) is 3.08. The number of benzene rings is 3. The van der Waals surface area contributed by atoms with Crippen molar-refractivity contribution in [2.75, 3.05) is 62.1 Å². The second kappa shape index (κ2) is 14.3. The molecule has 0 unspecified atom stereocenters. The van der Waals surface area contributed by atoms with Gasteiger partial charge >= 0.3 is 0 Å². The molecule has 2 aliphatic heterocycles. The van der Waals surface area contributed by atoms with Crippen molar-refractivity contribution in [1.82, 2.24) is 20.1 Å². The topological polar surface area (TPSA) is 132 Å². The monoisotopic (exact) mass is 671 g/mol. The number of anilines is 2. The smallest absolute Gasteiger partial charge is 0.289 e. The number of fused-ring (bicyclic) bond motifs is 1. The first-order chi connectivity index (χ1) is 23.1. The molecule has 1 aromatic heterocycles. The number of nitrogens with one attached hydrogen (secondary N) is 1. The van der Waals surface area contributed by atoms with Gasteiger partial charge in [0.15, 0.2) is 4.90 Å². The van der Waals surface area contributed by atoms with Crippen molar-refractivity contribution in [2.24, 2.45) is 0 Å². The van der Waals surface area contributed by atoms with Crippen LogP contribution in [0, 0.1) is 17.0 Å². The number of pyridine rings is 1. The molecule has 0 atom stereocenters. The van der Waals surface area contributed by atoms with Crippen LogP contribution in [-0.2, 0) is 21.4 Å². The summed E-state index contributed by atoms with van der Waals surface area (Å²) in [7, 11) is -2.44. The summed E-state index contributed by atoms with van der Waals surface area (Å²) in [5, 5.41) is 15.6. The van der Waals surface area contributed by atoms with Crippen molar-refractivity contribution < 1.29 is 18.1 Å². The number of sulfonamides is 1. The Kier molecular flexibility index (Phi) is 9.90. The summed E-state index contributed by atoms with van der Waals surface area (Å²) < 4.78 is 29.4. The SMILES string of the molecule is Cc1cc(N2CCN(C)CC2)nc2ccc(N(CC(=O)NC3CCN(Cc4ccccc4)CC3)S(=O)(=O)c3ccccc3[N+](=O)[O-])cc12. The van der Waals surface area contributed by atoms with Gasteiger partial charge in [-0.05, 0) is 68.3 Å². The summed E-state index contributed by atoms with van der Waals surface area (Å²) >= 11 is 0. The van der Waals surface area contributed by atoms with Crippen LogP contribution in [0.25, 0.3) is 10.9 Å². The Morgan fingerprint density at radius 2 is 1.65 bits per heavy atom. The molecule has 13 heteroatoms. The van der Waals surface area contributed by atoms with Crippen LogP contribution in [0.1, 0.15) is 24.0 Å². The number of nitro benzene ring substituents is 1. The van der Waals surface area contributed by atoms with Gasteiger partial charge in [-0.3, -0.25) is 24.1 Å². The zero-order valence-corrected chi connectivity index (χ0v) is 28.1. The van der Waals surface area contributed by atoms with Crippen LogP contribution in [0.5, 0.6) is 0 Å². The standard InChI is InChI=1S/C35H41N7O5S/c1-26-22-34(40-20-18-38(2)19-21-40)37-31-13-12-29(23-30(26)31)41(48(46,47)33-11-7-6-10-32(33)42(44)45)25-35(43)36-28-14-16-39(17-15-28)24-27-8-4-3-5-9-27/h3-13,22-23,28H,14-21,24-25H2,1-2H3,(H,36,43). The van der Waals surface area contributed by atoms with Gasteiger partial charge in [0.1, 0.15) is 12.4 Å². The zero-order chi connectivity index (χ0) is 33.8. The van der Waals surface area contributed by atoms with E-state index < -0.39 is 38.0 Å². The molecule has 1 amide bonds. The number of hydrogen-bond donors (Lipinski definition) is 1. The Morgan fingerprint density at radius 3 is 2.35 bits per heavy atom. The van der Waals surface area contributed by atoms with Crippen LogP contribution in [0.3, 0.4) is 0 Å². The summed E-state index contributed by atoms with van der Waals surface area (Å²) in [5.74, 6) is 0.387. The quantitative estimate of drug-likeness (QED) is 0.195. The van der Waals surface area contributed by atoms with E-state index in [-0.39, 0.29) is 11.7 Å². The molecule has 1 N–H and O–H groups in total. The first-order valence-electron chi connectivity index (χ1n) is 16.3. The van der Waals surface area contributed by atoms with Gasteiger partial charge in [0.25, 0.3) is 15.7 Å². The molecule has 0 aliphatic carbocycles. The second-order valence-corrected chi connectivity index (χ2v) is 14.5. The number of nitro groups is 1. The van der Waals surface area contributed by atoms with Crippen molar-refractivity contribution in [1.29, 1.82) is 0 Å². The highest BCUT2D eigenvalue weighted by Crippen LogP contribution is 2.33. The number of carbonyl (C=O) groups excluding carboxylic acids is 1. The number of para-hydroxylation sites is 1. The highest BCUT2D eigenvalue weighted by atomic mass is 32.2. The molecule has 0 spiro atoms. The fourth-order valence-corrected chi connectivity index (χ4v) is 8.03. The third-order valence-electron chi connectivity index (χ3n) is 9.22. The summed E-state index contributed by atoms with van der Waals surface area (Å²) in [4.78, 5) is 36.0. The number of aromatic nitrogens is 1. The Hall–Kier alpha value is -4.59. The lowest BCUT2D eigenvalue weighted by Gasteiger charge is -2.33. The summed E-state index contributed by atoms with van der Waals surface area (Å²) in [6, 6.07) is 22.4. The second-order valence-electron chi connectivity index (χ2n) is 12.6. The van der Waals surface area contributed by atoms with Crippen LogP contribution >= 0.6 is 0 Å². The predicted molar refractivity (Wildman–Crippen MR) is 187 cm³/mol. The third kappa shape index (κ3) is 7.43. The summed E-state index contributed by atoms with van der Waals surface area (Å²) in [5.41, 5.74) is 2.51. The van der Waals surface area contributed by atoms with Crippen molar-refractivity contribution >= 4 is 44.0 Å². The largest absolute Gasteiger partial charge is 0.354 e. The van der Waals surface area contributed by atoms with Gasteiger partial charge in [-0.1, -0.05) is 42.5 Å². The summed E-state index contributed by atoms with van der Waals surface area (Å²) in [6.07, 6.45) is 1.46. The van der Waals surface area contributed by atoms with E-state index >= 15 is 0 Å². The van der Waals surface area contributed by atoms with Crippen molar-refractivity contribution in [3.63, 3.8) is 0 Å². The fourth-order valence-electron chi connectivity index (χ4n) is 6.46. The third-order valence-corrected chi connectivity index (χ3v) is 11.0. The Bertz CT molecular complexity index is 1890. The number of likely N-dealkylation sites (tertiary alicyclic amines) is 1. The van der Waals surface area contributed by atoms with Gasteiger partial charge in [0.05, 0.1) is 16.1 Å². The van der Waals surface area contributed by atoms with E-state index in [0.717, 1.165) is 85.8 Å². The number of piperazine rings is 1. The van der Waals surface area contributed by atoms with Gasteiger partial charge in [0, 0.05) is 63.3 Å². The van der Waals surface area contributed by atoms with Gasteiger partial charge in [-0.15, -0.1) is 0 Å². The van der Waals surface area contributed by atoms with E-state index in [0.29, 0.717) is 5.52 Å².